The molecule has 4 rings (SSSR count). The van der Waals surface area contributed by atoms with Crippen molar-refractivity contribution in [2.45, 2.75) is 38.4 Å². The molecule has 0 aliphatic heterocycles. The first-order valence-corrected chi connectivity index (χ1v) is 14.4. The summed E-state index contributed by atoms with van der Waals surface area (Å²) in [7, 11) is 1.28. The molecule has 0 aliphatic carbocycles. The summed E-state index contributed by atoms with van der Waals surface area (Å²) in [5.74, 6) is 0.302. The summed E-state index contributed by atoms with van der Waals surface area (Å²) in [5, 5.41) is 14.2. The van der Waals surface area contributed by atoms with Crippen LogP contribution in [0.1, 0.15) is 37.0 Å². The number of nitrogens with one attached hydrogen (secondary N) is 1. The first-order chi connectivity index (χ1) is 18.9. The van der Waals surface area contributed by atoms with Crippen LogP contribution in [0.15, 0.2) is 59.1 Å². The fraction of sp³-hybridized carbons (Fsp3) is 0.286. The molecule has 2 aromatic carbocycles. The van der Waals surface area contributed by atoms with Crippen LogP contribution in [0.4, 0.5) is 9.39 Å². The molecule has 4 aromatic rings. The van der Waals surface area contributed by atoms with E-state index in [0.29, 0.717) is 40.3 Å². The summed E-state index contributed by atoms with van der Waals surface area (Å²) >= 11 is 2.46. The number of methoxy groups -OCH3 is 1. The number of hydrogen-bond donors (Lipinski definition) is 1. The number of carbonyl (C=O) groups excluding carboxylic acids is 2. The van der Waals surface area contributed by atoms with E-state index in [-0.39, 0.29) is 23.0 Å². The Morgan fingerprint density at radius 1 is 1.05 bits per heavy atom. The van der Waals surface area contributed by atoms with Gasteiger partial charge in [0.15, 0.2) is 11.0 Å². The number of halogens is 1. The number of anilines is 1. The van der Waals surface area contributed by atoms with Gasteiger partial charge in [-0.1, -0.05) is 37.2 Å². The van der Waals surface area contributed by atoms with Crippen molar-refractivity contribution in [3.05, 3.63) is 65.3 Å². The van der Waals surface area contributed by atoms with Crippen LogP contribution in [-0.2, 0) is 16.1 Å². The van der Waals surface area contributed by atoms with Gasteiger partial charge in [-0.2, -0.15) is 0 Å². The van der Waals surface area contributed by atoms with Crippen LogP contribution >= 0.6 is 23.1 Å². The normalized spacial score (nSPS) is 10.9. The highest BCUT2D eigenvalue weighted by atomic mass is 32.2. The van der Waals surface area contributed by atoms with Crippen molar-refractivity contribution >= 4 is 40.0 Å². The molecular weight excluding hydrogens is 539 g/mol. The first-order valence-electron chi connectivity index (χ1n) is 12.5. The van der Waals surface area contributed by atoms with Gasteiger partial charge in [0, 0.05) is 23.1 Å². The van der Waals surface area contributed by atoms with E-state index in [1.807, 2.05) is 35.8 Å². The molecule has 11 heteroatoms. The molecule has 2 aromatic heterocycles. The van der Waals surface area contributed by atoms with E-state index in [1.165, 1.54) is 42.3 Å². The summed E-state index contributed by atoms with van der Waals surface area (Å²) in [6.07, 6.45) is 2.08. The van der Waals surface area contributed by atoms with Crippen molar-refractivity contribution in [1.29, 1.82) is 0 Å². The standard InChI is InChI=1S/C28H29FN4O4S2/c1-4-6-15-37-21-13-9-19(10-14-21)25-31-32-28(33(25)5-2)39-17-23(34)30-26-24(27(35)36-3)22(16-38-26)18-7-11-20(29)12-8-18/h7-14,16H,4-6,15,17H2,1-3H3,(H,30,34). The minimum atomic E-state index is -0.587. The maximum atomic E-state index is 13.4. The van der Waals surface area contributed by atoms with Gasteiger partial charge in [-0.15, -0.1) is 21.5 Å². The quantitative estimate of drug-likeness (QED) is 0.118. The van der Waals surface area contributed by atoms with Crippen molar-refractivity contribution in [3.63, 3.8) is 0 Å². The fourth-order valence-electron chi connectivity index (χ4n) is 3.82. The second kappa shape index (κ2) is 13.4. The molecule has 204 valence electrons. The van der Waals surface area contributed by atoms with E-state index in [4.69, 9.17) is 9.47 Å². The number of thiophene rings is 1. The molecule has 39 heavy (non-hydrogen) atoms. The highest BCUT2D eigenvalue weighted by molar-refractivity contribution is 7.99. The summed E-state index contributed by atoms with van der Waals surface area (Å²) in [6.45, 7) is 5.42. The Kier molecular flexibility index (Phi) is 9.72. The number of ether oxygens (including phenoxy) is 2. The third-order valence-corrected chi connectivity index (χ3v) is 7.70. The molecule has 2 heterocycles. The smallest absolute Gasteiger partial charge is 0.341 e. The number of hydrogen-bond acceptors (Lipinski definition) is 8. The van der Waals surface area contributed by atoms with Crippen molar-refractivity contribution in [2.75, 3.05) is 24.8 Å². The zero-order valence-corrected chi connectivity index (χ0v) is 23.5. The van der Waals surface area contributed by atoms with Gasteiger partial charge in [-0.3, -0.25) is 4.79 Å². The number of nitrogens with zero attached hydrogens (tertiary/aromatic N) is 3. The van der Waals surface area contributed by atoms with Crippen LogP contribution in [0.25, 0.3) is 22.5 Å². The predicted molar refractivity (Wildman–Crippen MR) is 152 cm³/mol. The molecule has 0 spiro atoms. The van der Waals surface area contributed by atoms with Crippen molar-refractivity contribution in [1.82, 2.24) is 14.8 Å². The summed E-state index contributed by atoms with van der Waals surface area (Å²) in [5.41, 5.74) is 2.34. The Balaban J connectivity index is 1.44. The molecule has 8 nitrogen and oxygen atoms in total. The highest BCUT2D eigenvalue weighted by Crippen LogP contribution is 2.36. The van der Waals surface area contributed by atoms with E-state index in [2.05, 4.69) is 22.4 Å². The Labute approximate surface area is 234 Å². The maximum Gasteiger partial charge on any atom is 0.341 e. The second-order valence-electron chi connectivity index (χ2n) is 8.47. The van der Waals surface area contributed by atoms with Crippen LogP contribution in [0, 0.1) is 5.82 Å². The van der Waals surface area contributed by atoms with Gasteiger partial charge < -0.3 is 19.4 Å². The fourth-order valence-corrected chi connectivity index (χ4v) is 5.59. The Hall–Kier alpha value is -3.70. The molecule has 0 atom stereocenters. The zero-order chi connectivity index (χ0) is 27.8. The highest BCUT2D eigenvalue weighted by Gasteiger charge is 2.23. The number of amides is 1. The predicted octanol–water partition coefficient (Wildman–Crippen LogP) is 6.53. The van der Waals surface area contributed by atoms with Crippen LogP contribution in [0.3, 0.4) is 0 Å². The molecule has 0 fully saturated rings. The van der Waals surface area contributed by atoms with Gasteiger partial charge in [0.05, 0.1) is 19.5 Å². The molecule has 1 N–H and O–H groups in total. The van der Waals surface area contributed by atoms with E-state index in [9.17, 15) is 14.0 Å². The van der Waals surface area contributed by atoms with Gasteiger partial charge >= 0.3 is 5.97 Å². The molecule has 0 radical (unpaired) electrons. The van der Waals surface area contributed by atoms with Crippen molar-refractivity contribution in [2.24, 2.45) is 0 Å². The minimum absolute atomic E-state index is 0.0622. The molecule has 0 aliphatic rings. The third kappa shape index (κ3) is 6.85. The van der Waals surface area contributed by atoms with Crippen LogP contribution in [0.5, 0.6) is 5.75 Å². The maximum absolute atomic E-state index is 13.4. The van der Waals surface area contributed by atoms with Crippen LogP contribution in [-0.4, -0.2) is 46.1 Å². The van der Waals surface area contributed by atoms with Crippen molar-refractivity contribution < 1.29 is 23.5 Å². The van der Waals surface area contributed by atoms with Gasteiger partial charge in [0.25, 0.3) is 0 Å². The summed E-state index contributed by atoms with van der Waals surface area (Å²) in [4.78, 5) is 25.4. The number of aromatic nitrogens is 3. The summed E-state index contributed by atoms with van der Waals surface area (Å²) < 4.78 is 26.0. The van der Waals surface area contributed by atoms with Gasteiger partial charge in [0.2, 0.25) is 5.91 Å². The molecule has 0 saturated carbocycles. The molecule has 1 amide bonds. The second-order valence-corrected chi connectivity index (χ2v) is 10.3. The lowest BCUT2D eigenvalue weighted by atomic mass is 10.0. The van der Waals surface area contributed by atoms with Crippen LogP contribution < -0.4 is 10.1 Å². The molecule has 0 unspecified atom stereocenters. The van der Waals surface area contributed by atoms with E-state index < -0.39 is 5.97 Å². The SMILES string of the molecule is CCCCOc1ccc(-c2nnc(SCC(=O)Nc3scc(-c4ccc(F)cc4)c3C(=O)OC)n2CC)cc1. The van der Waals surface area contributed by atoms with Gasteiger partial charge in [-0.05, 0) is 55.3 Å². The molecule has 0 bridgehead atoms. The Morgan fingerprint density at radius 3 is 2.44 bits per heavy atom. The monoisotopic (exact) mass is 568 g/mol. The third-order valence-electron chi connectivity index (χ3n) is 5.83. The molecular formula is C28H29FN4O4S2. The van der Waals surface area contributed by atoms with Gasteiger partial charge in [-0.25, -0.2) is 9.18 Å². The van der Waals surface area contributed by atoms with Crippen LogP contribution in [0.2, 0.25) is 0 Å². The Bertz CT molecular complexity index is 1420. The van der Waals surface area contributed by atoms with E-state index >= 15 is 0 Å². The first kappa shape index (κ1) is 28.3. The average Bonchev–Trinajstić information content (AvgIpc) is 3.56. The molecule has 0 saturated heterocycles. The Morgan fingerprint density at radius 2 is 1.77 bits per heavy atom. The lowest BCUT2D eigenvalue weighted by Gasteiger charge is -2.09. The largest absolute Gasteiger partial charge is 0.494 e. The number of rotatable bonds is 12. The lowest BCUT2D eigenvalue weighted by Crippen LogP contribution is -2.16. The van der Waals surface area contributed by atoms with Crippen molar-refractivity contribution in [3.8, 4) is 28.3 Å². The minimum Gasteiger partial charge on any atom is -0.494 e. The number of benzene rings is 2. The number of thioether (sulfide) groups is 1. The van der Waals surface area contributed by atoms with E-state index in [0.717, 1.165) is 24.2 Å². The number of esters is 1. The lowest BCUT2D eigenvalue weighted by molar-refractivity contribution is -0.113. The topological polar surface area (TPSA) is 95.3 Å². The van der Waals surface area contributed by atoms with Gasteiger partial charge in [0.1, 0.15) is 22.1 Å². The number of carbonyl (C=O) groups is 2. The summed E-state index contributed by atoms with van der Waals surface area (Å²) in [6, 6.07) is 13.5. The van der Waals surface area contributed by atoms with E-state index in [1.54, 1.807) is 17.5 Å². The zero-order valence-electron chi connectivity index (χ0n) is 21.9. The average molecular weight is 569 g/mol. The number of unbranched alkanes of at least 4 members (excludes halogenated alkanes) is 1.